The first-order valence-corrected chi connectivity index (χ1v) is 7.54. The van der Waals surface area contributed by atoms with Crippen LogP contribution in [0.15, 0.2) is 24.5 Å². The van der Waals surface area contributed by atoms with Crippen LogP contribution in [-0.2, 0) is 0 Å². The zero-order chi connectivity index (χ0) is 16.9. The van der Waals surface area contributed by atoms with E-state index >= 15 is 0 Å². The second-order valence-corrected chi connectivity index (χ2v) is 5.80. The number of hydrogen-bond donors (Lipinski definition) is 1. The fourth-order valence-electron chi connectivity index (χ4n) is 1.28. The Hall–Kier alpha value is 0.155. The maximum Gasteiger partial charge on any atom is 1.00 e. The predicted octanol–water partition coefficient (Wildman–Crippen LogP) is 1.77. The number of carbonyl (C=O) groups is 1. The van der Waals surface area contributed by atoms with E-state index in [9.17, 15) is 4.79 Å². The summed E-state index contributed by atoms with van der Waals surface area (Å²) < 4.78 is 0. The Morgan fingerprint density at radius 1 is 1.08 bits per heavy atom. The number of carbonyl (C=O) groups excluding carboxylic acids is 1. The smallest absolute Gasteiger partial charge is 1.00 e. The van der Waals surface area contributed by atoms with Gasteiger partial charge in [0.05, 0.1) is 16.1 Å². The summed E-state index contributed by atoms with van der Waals surface area (Å²) in [5.74, 6) is -0.0731. The van der Waals surface area contributed by atoms with Crippen molar-refractivity contribution in [2.45, 2.75) is 20.0 Å². The molecule has 123 valence electrons. The molecular weight excluding hydrogens is 404 g/mol. The predicted molar refractivity (Wildman–Crippen MR) is 96.0 cm³/mol. The molecule has 0 aliphatic carbocycles. The van der Waals surface area contributed by atoms with E-state index in [1.165, 1.54) is 25.4 Å². The van der Waals surface area contributed by atoms with Gasteiger partial charge in [-0.2, -0.15) is 0 Å². The third kappa shape index (κ3) is 8.50. The summed E-state index contributed by atoms with van der Waals surface area (Å²) in [6.07, 6.45) is 2.34. The van der Waals surface area contributed by atoms with Crippen molar-refractivity contribution in [2.75, 3.05) is 0 Å². The molecule has 4 nitrogen and oxygen atoms in total. The number of aromatic nitrogens is 2. The van der Waals surface area contributed by atoms with Crippen LogP contribution in [-0.4, -0.2) is 29.3 Å². The van der Waals surface area contributed by atoms with E-state index < -0.39 is 6.10 Å². The van der Waals surface area contributed by atoms with E-state index in [1.54, 1.807) is 13.0 Å². The molecule has 0 bridgehead atoms. The van der Waals surface area contributed by atoms with Crippen molar-refractivity contribution in [1.82, 2.24) is 9.97 Å². The van der Waals surface area contributed by atoms with Gasteiger partial charge in [0.25, 0.3) is 0 Å². The average Bonchev–Trinajstić information content (AvgIpc) is 2.45. The van der Waals surface area contributed by atoms with E-state index in [-0.39, 0.29) is 55.5 Å². The van der Waals surface area contributed by atoms with E-state index in [0.29, 0.717) is 21.2 Å². The third-order valence-corrected chi connectivity index (χ3v) is 3.87. The minimum atomic E-state index is -0.558. The van der Waals surface area contributed by atoms with Crippen LogP contribution in [0.2, 0.25) is 20.4 Å². The molecule has 2 aromatic heterocycles. The normalized spacial score (nSPS) is 10.5. The molecule has 0 amide bonds. The minimum absolute atomic E-state index is 0. The van der Waals surface area contributed by atoms with Gasteiger partial charge >= 0.3 is 29.6 Å². The fourth-order valence-corrected chi connectivity index (χ4v) is 1.83. The first-order valence-electron chi connectivity index (χ1n) is 6.03. The topological polar surface area (TPSA) is 63.1 Å². The molecule has 10 heteroatoms. The van der Waals surface area contributed by atoms with E-state index in [2.05, 4.69) is 9.97 Å². The maximum absolute atomic E-state index is 10.8. The molecule has 0 fully saturated rings. The van der Waals surface area contributed by atoms with Crippen LogP contribution in [0.5, 0.6) is 0 Å². The maximum atomic E-state index is 10.8. The zero-order valence-corrected chi connectivity index (χ0v) is 18.2. The summed E-state index contributed by atoms with van der Waals surface area (Å²) in [5.41, 5.74) is 1.14. The van der Waals surface area contributed by atoms with Crippen molar-refractivity contribution >= 4 is 60.6 Å². The van der Waals surface area contributed by atoms with Crippen LogP contribution < -0.4 is 29.6 Å². The van der Waals surface area contributed by atoms with E-state index in [4.69, 9.17) is 51.5 Å². The average molecular weight is 417 g/mol. The van der Waals surface area contributed by atoms with Gasteiger partial charge < -0.3 is 6.53 Å². The van der Waals surface area contributed by atoms with Gasteiger partial charge in [-0.15, -0.1) is 0 Å². The molecule has 24 heavy (non-hydrogen) atoms. The molecule has 2 aromatic rings. The number of halogens is 4. The Balaban J connectivity index is -0.000000346. The first kappa shape index (κ1) is 26.4. The van der Waals surface area contributed by atoms with Crippen LogP contribution in [0.4, 0.5) is 0 Å². The van der Waals surface area contributed by atoms with Gasteiger partial charge in [0.2, 0.25) is 0 Å². The summed E-state index contributed by atoms with van der Waals surface area (Å²) >= 11 is 22.4. The first-order chi connectivity index (χ1) is 10.2. The molecule has 2 rings (SSSR count). The van der Waals surface area contributed by atoms with Gasteiger partial charge in [-0.1, -0.05) is 46.4 Å². The molecule has 2 heterocycles. The Kier molecular flexibility index (Phi) is 13.7. The summed E-state index contributed by atoms with van der Waals surface area (Å²) in [6, 6.07) is 3.10. The Morgan fingerprint density at radius 2 is 1.54 bits per heavy atom. The van der Waals surface area contributed by atoms with E-state index in [1.807, 2.05) is 0 Å². The van der Waals surface area contributed by atoms with Crippen LogP contribution in [0, 0.1) is 0 Å². The molecule has 0 aliphatic heterocycles. The fraction of sp³-hybridized carbons (Fsp3) is 0.214. The van der Waals surface area contributed by atoms with E-state index in [0.717, 1.165) is 0 Å². The second-order valence-electron chi connectivity index (χ2n) is 4.27. The zero-order valence-electron chi connectivity index (χ0n) is 14.2. The molecule has 1 N–H and O–H groups in total. The molecule has 0 saturated carbocycles. The molecular formula is C14H13BCl4N2NaO2. The monoisotopic (exact) mass is 415 g/mol. The number of hydrogen-bond acceptors (Lipinski definition) is 4. The van der Waals surface area contributed by atoms with Gasteiger partial charge in [-0.25, -0.2) is 9.97 Å². The minimum Gasteiger partial charge on any atom is -1.00 e. The quantitative estimate of drug-likeness (QED) is 0.460. The van der Waals surface area contributed by atoms with Crippen molar-refractivity contribution in [3.8, 4) is 0 Å². The molecule has 1 atom stereocenters. The van der Waals surface area contributed by atoms with Crippen molar-refractivity contribution < 1.29 is 40.9 Å². The SMILES string of the molecule is CC(=O)c1cnc(Cl)c(Cl)c1.CC(O)c1cnc(Cl)c(Cl)c1.[B].[H-].[Na+]. The largest absolute Gasteiger partial charge is 1.00 e. The van der Waals surface area contributed by atoms with Gasteiger partial charge in [0.1, 0.15) is 10.3 Å². The van der Waals surface area contributed by atoms with Crippen molar-refractivity contribution in [3.63, 3.8) is 0 Å². The van der Waals surface area contributed by atoms with Crippen LogP contribution in [0.1, 0.15) is 37.3 Å². The summed E-state index contributed by atoms with van der Waals surface area (Å²) in [4.78, 5) is 18.3. The number of Topliss-reactive ketones (excluding diaryl/α,β-unsaturated/α-hetero) is 1. The Morgan fingerprint density at radius 3 is 1.92 bits per heavy atom. The number of ketones is 1. The van der Waals surface area contributed by atoms with Crippen molar-refractivity contribution in [3.05, 3.63) is 56.0 Å². The van der Waals surface area contributed by atoms with Gasteiger partial charge in [0, 0.05) is 31.9 Å². The van der Waals surface area contributed by atoms with Crippen LogP contribution in [0.3, 0.4) is 0 Å². The molecule has 0 spiro atoms. The standard InChI is InChI=1S/C7H7Cl2NO.C7H5Cl2NO.B.Na.H/c2*1-4(11)5-2-6(8)7(9)10-3-5;;;/h2-4,11H,1H3;2-3H,1H3;;;/q;;;+1;-1. The molecule has 0 aromatic carbocycles. The van der Waals surface area contributed by atoms with Crippen molar-refractivity contribution in [2.24, 2.45) is 0 Å². The summed E-state index contributed by atoms with van der Waals surface area (Å²) in [7, 11) is 0. The number of aliphatic hydroxyl groups excluding tert-OH is 1. The summed E-state index contributed by atoms with van der Waals surface area (Å²) in [5, 5.41) is 10.2. The summed E-state index contributed by atoms with van der Waals surface area (Å²) in [6.45, 7) is 3.09. The number of pyridine rings is 2. The van der Waals surface area contributed by atoms with Crippen LogP contribution >= 0.6 is 46.4 Å². The second kappa shape index (κ2) is 12.5. The molecule has 0 saturated heterocycles. The third-order valence-electron chi connectivity index (χ3n) is 2.50. The molecule has 0 aliphatic rings. The van der Waals surface area contributed by atoms with Crippen molar-refractivity contribution in [1.29, 1.82) is 0 Å². The number of nitrogens with zero attached hydrogens (tertiary/aromatic N) is 2. The molecule has 1 unspecified atom stereocenters. The van der Waals surface area contributed by atoms with Gasteiger partial charge in [-0.05, 0) is 26.0 Å². The van der Waals surface area contributed by atoms with Gasteiger partial charge in [0.15, 0.2) is 5.78 Å². The number of aliphatic hydroxyl groups is 1. The molecule has 3 radical (unpaired) electrons. The van der Waals surface area contributed by atoms with Crippen LogP contribution in [0.25, 0.3) is 0 Å². The number of rotatable bonds is 2. The Labute approximate surface area is 186 Å². The van der Waals surface area contributed by atoms with Gasteiger partial charge in [-0.3, -0.25) is 4.79 Å². The Bertz CT molecular complexity index is 696.